The summed E-state index contributed by atoms with van der Waals surface area (Å²) in [7, 11) is 0. The van der Waals surface area contributed by atoms with Crippen LogP contribution in [0.1, 0.15) is 25.1 Å². The highest BCUT2D eigenvalue weighted by atomic mass is 79.9. The minimum absolute atomic E-state index is 0.0199. The van der Waals surface area contributed by atoms with Crippen LogP contribution >= 0.6 is 31.9 Å². The summed E-state index contributed by atoms with van der Waals surface area (Å²) in [5.41, 5.74) is 6.80. The first-order valence-electron chi connectivity index (χ1n) is 5.94. The fourth-order valence-corrected chi connectivity index (χ4v) is 2.69. The molecule has 0 bridgehead atoms. The lowest BCUT2D eigenvalue weighted by Crippen LogP contribution is -2.10. The van der Waals surface area contributed by atoms with Crippen molar-refractivity contribution in [3.8, 4) is 11.5 Å². The van der Waals surface area contributed by atoms with Crippen LogP contribution in [0.2, 0.25) is 0 Å². The summed E-state index contributed by atoms with van der Waals surface area (Å²) in [4.78, 5) is 4.32. The van der Waals surface area contributed by atoms with Gasteiger partial charge >= 0.3 is 0 Å². The van der Waals surface area contributed by atoms with Gasteiger partial charge in [0, 0.05) is 10.5 Å². The van der Waals surface area contributed by atoms with E-state index in [1.54, 1.807) is 6.20 Å². The number of ether oxygens (including phenoxy) is 1. The van der Waals surface area contributed by atoms with Gasteiger partial charge in [-0.25, -0.2) is 0 Å². The average Bonchev–Trinajstić information content (AvgIpc) is 2.42. The Morgan fingerprint density at radius 3 is 2.63 bits per heavy atom. The third-order valence-electron chi connectivity index (χ3n) is 2.70. The van der Waals surface area contributed by atoms with Gasteiger partial charge < -0.3 is 10.5 Å². The fourth-order valence-electron chi connectivity index (χ4n) is 1.57. The maximum absolute atomic E-state index is 5.92. The summed E-state index contributed by atoms with van der Waals surface area (Å²) in [6.45, 7) is 2.04. The van der Waals surface area contributed by atoms with Crippen LogP contribution in [0.4, 0.5) is 0 Å². The molecule has 1 aromatic carbocycles. The van der Waals surface area contributed by atoms with E-state index in [0.717, 1.165) is 26.8 Å². The Kier molecular flexibility index (Phi) is 4.96. The van der Waals surface area contributed by atoms with Crippen LogP contribution in [0, 0.1) is 0 Å². The van der Waals surface area contributed by atoms with E-state index >= 15 is 0 Å². The molecule has 2 aromatic rings. The predicted octanol–water partition coefficient (Wildman–Crippen LogP) is 4.81. The first-order valence-corrected chi connectivity index (χ1v) is 7.53. The van der Waals surface area contributed by atoms with Crippen LogP contribution in [0.3, 0.4) is 0 Å². The molecule has 1 aromatic heterocycles. The summed E-state index contributed by atoms with van der Waals surface area (Å²) in [6.07, 6.45) is 2.56. The topological polar surface area (TPSA) is 48.1 Å². The molecule has 1 atom stereocenters. The van der Waals surface area contributed by atoms with Gasteiger partial charge in [-0.05, 0) is 52.7 Å². The number of rotatable bonds is 4. The number of hydrogen-bond acceptors (Lipinski definition) is 3. The summed E-state index contributed by atoms with van der Waals surface area (Å²) >= 11 is 6.86. The van der Waals surface area contributed by atoms with Crippen LogP contribution in [0.25, 0.3) is 0 Å². The molecule has 2 rings (SSSR count). The van der Waals surface area contributed by atoms with E-state index in [-0.39, 0.29) is 6.04 Å². The summed E-state index contributed by atoms with van der Waals surface area (Å²) in [6, 6.07) is 9.51. The lowest BCUT2D eigenvalue weighted by molar-refractivity contribution is 0.476. The lowest BCUT2D eigenvalue weighted by atomic mass is 10.1. The van der Waals surface area contributed by atoms with Crippen LogP contribution in [-0.4, -0.2) is 4.98 Å². The van der Waals surface area contributed by atoms with Crippen molar-refractivity contribution in [3.63, 3.8) is 0 Å². The predicted molar refractivity (Wildman–Crippen MR) is 83.4 cm³/mol. The number of hydrogen-bond donors (Lipinski definition) is 1. The van der Waals surface area contributed by atoms with Crippen molar-refractivity contribution in [1.82, 2.24) is 4.98 Å². The molecule has 0 aliphatic heterocycles. The molecule has 100 valence electrons. The molecule has 0 amide bonds. The van der Waals surface area contributed by atoms with Crippen molar-refractivity contribution in [1.29, 1.82) is 0 Å². The normalized spacial score (nSPS) is 12.2. The Morgan fingerprint density at radius 2 is 2.05 bits per heavy atom. The van der Waals surface area contributed by atoms with E-state index in [0.29, 0.717) is 5.75 Å². The van der Waals surface area contributed by atoms with Gasteiger partial charge in [-0.15, -0.1) is 0 Å². The molecule has 0 radical (unpaired) electrons. The third kappa shape index (κ3) is 3.78. The van der Waals surface area contributed by atoms with Crippen molar-refractivity contribution in [3.05, 3.63) is 51.2 Å². The van der Waals surface area contributed by atoms with Gasteiger partial charge in [0.1, 0.15) is 11.5 Å². The zero-order valence-corrected chi connectivity index (χ0v) is 13.6. The maximum atomic E-state index is 5.92. The molecule has 0 saturated carbocycles. The van der Waals surface area contributed by atoms with E-state index in [1.165, 1.54) is 0 Å². The second-order valence-electron chi connectivity index (χ2n) is 4.11. The lowest BCUT2D eigenvalue weighted by Gasteiger charge is -2.10. The van der Waals surface area contributed by atoms with E-state index in [9.17, 15) is 0 Å². The first-order chi connectivity index (χ1) is 9.10. The highest BCUT2D eigenvalue weighted by molar-refractivity contribution is 9.11. The van der Waals surface area contributed by atoms with E-state index in [4.69, 9.17) is 10.5 Å². The second kappa shape index (κ2) is 6.50. The minimum Gasteiger partial charge on any atom is -0.455 e. The Labute approximate surface area is 129 Å². The van der Waals surface area contributed by atoms with Gasteiger partial charge in [-0.1, -0.05) is 22.9 Å². The van der Waals surface area contributed by atoms with Gasteiger partial charge in [0.15, 0.2) is 0 Å². The SMILES string of the molecule is CC[C@@H](N)c1ccc(Oc2ccc(Br)cc2Br)cn1. The zero-order valence-electron chi connectivity index (χ0n) is 10.4. The number of halogens is 2. The number of nitrogens with zero attached hydrogens (tertiary/aromatic N) is 1. The molecular weight excluding hydrogens is 372 g/mol. The highest BCUT2D eigenvalue weighted by Crippen LogP contribution is 2.31. The van der Waals surface area contributed by atoms with Gasteiger partial charge in [-0.3, -0.25) is 4.98 Å². The molecule has 0 fully saturated rings. The second-order valence-corrected chi connectivity index (χ2v) is 5.88. The van der Waals surface area contributed by atoms with Gasteiger partial charge in [-0.2, -0.15) is 0 Å². The van der Waals surface area contributed by atoms with E-state index in [1.807, 2.05) is 37.3 Å². The quantitative estimate of drug-likeness (QED) is 0.821. The van der Waals surface area contributed by atoms with Crippen molar-refractivity contribution in [2.24, 2.45) is 5.73 Å². The van der Waals surface area contributed by atoms with Gasteiger partial charge in [0.2, 0.25) is 0 Å². The third-order valence-corrected chi connectivity index (χ3v) is 3.81. The van der Waals surface area contributed by atoms with E-state index < -0.39 is 0 Å². The summed E-state index contributed by atoms with van der Waals surface area (Å²) < 4.78 is 7.64. The Bertz CT molecular complexity index is 558. The van der Waals surface area contributed by atoms with Crippen LogP contribution in [-0.2, 0) is 0 Å². The summed E-state index contributed by atoms with van der Waals surface area (Å²) in [5.74, 6) is 1.44. The Hall–Kier alpha value is -0.910. The van der Waals surface area contributed by atoms with Crippen LogP contribution in [0.5, 0.6) is 11.5 Å². The van der Waals surface area contributed by atoms with Crippen molar-refractivity contribution >= 4 is 31.9 Å². The first kappa shape index (κ1) is 14.5. The zero-order chi connectivity index (χ0) is 13.8. The number of benzene rings is 1. The molecule has 3 nitrogen and oxygen atoms in total. The highest BCUT2D eigenvalue weighted by Gasteiger charge is 2.07. The molecule has 0 unspecified atom stereocenters. The van der Waals surface area contributed by atoms with Crippen LogP contribution < -0.4 is 10.5 Å². The smallest absolute Gasteiger partial charge is 0.145 e. The number of nitrogens with two attached hydrogens (primary N) is 1. The standard InChI is InChI=1S/C14H14Br2N2O/c1-2-12(17)13-5-4-10(8-18-13)19-14-6-3-9(15)7-11(14)16/h3-8,12H,2,17H2,1H3/t12-/m1/s1. The van der Waals surface area contributed by atoms with Gasteiger partial charge in [0.25, 0.3) is 0 Å². The Balaban J connectivity index is 2.15. The fraction of sp³-hybridized carbons (Fsp3) is 0.214. The average molecular weight is 386 g/mol. The molecule has 1 heterocycles. The van der Waals surface area contributed by atoms with Crippen molar-refractivity contribution < 1.29 is 4.74 Å². The Morgan fingerprint density at radius 1 is 1.26 bits per heavy atom. The molecule has 0 aliphatic rings. The summed E-state index contributed by atoms with van der Waals surface area (Å²) in [5, 5.41) is 0. The van der Waals surface area contributed by atoms with Crippen LogP contribution in [0.15, 0.2) is 45.5 Å². The molecular formula is C14H14Br2N2O. The number of pyridine rings is 1. The monoisotopic (exact) mass is 384 g/mol. The largest absolute Gasteiger partial charge is 0.455 e. The molecule has 5 heteroatoms. The minimum atomic E-state index is -0.0199. The molecule has 0 saturated heterocycles. The van der Waals surface area contributed by atoms with Crippen molar-refractivity contribution in [2.75, 3.05) is 0 Å². The van der Waals surface area contributed by atoms with Crippen molar-refractivity contribution in [2.45, 2.75) is 19.4 Å². The van der Waals surface area contributed by atoms with Gasteiger partial charge in [0.05, 0.1) is 16.4 Å². The molecule has 0 spiro atoms. The molecule has 2 N–H and O–H groups in total. The number of aromatic nitrogens is 1. The van der Waals surface area contributed by atoms with E-state index in [2.05, 4.69) is 36.8 Å². The maximum Gasteiger partial charge on any atom is 0.145 e. The molecule has 19 heavy (non-hydrogen) atoms. The molecule has 0 aliphatic carbocycles.